The van der Waals surface area contributed by atoms with Crippen LogP contribution in [0.5, 0.6) is 11.5 Å². The number of aryl methyl sites for hydroxylation is 1. The summed E-state index contributed by atoms with van der Waals surface area (Å²) in [6.07, 6.45) is 2.19. The van der Waals surface area contributed by atoms with Crippen LogP contribution in [0.4, 0.5) is 0 Å². The lowest BCUT2D eigenvalue weighted by Crippen LogP contribution is -2.48. The van der Waals surface area contributed by atoms with Gasteiger partial charge in [0.1, 0.15) is 0 Å². The number of rotatable bonds is 5. The predicted molar refractivity (Wildman–Crippen MR) is 99.9 cm³/mol. The van der Waals surface area contributed by atoms with Crippen molar-refractivity contribution in [3.8, 4) is 11.5 Å². The van der Waals surface area contributed by atoms with Crippen molar-refractivity contribution in [2.45, 2.75) is 26.3 Å². The van der Waals surface area contributed by atoms with Crippen molar-refractivity contribution >= 4 is 17.2 Å². The Bertz CT molecular complexity index is 784. The fourth-order valence-electron chi connectivity index (χ4n) is 3.30. The lowest BCUT2D eigenvalue weighted by atomic mass is 10.1. The Balaban J connectivity index is 1.32. The van der Waals surface area contributed by atoms with Crippen LogP contribution in [0.2, 0.25) is 0 Å². The first-order valence-electron chi connectivity index (χ1n) is 9.07. The molecule has 0 spiro atoms. The summed E-state index contributed by atoms with van der Waals surface area (Å²) in [7, 11) is 0. The molecule has 1 amide bonds. The summed E-state index contributed by atoms with van der Waals surface area (Å²) in [5.74, 6) is 1.42. The Labute approximate surface area is 157 Å². The van der Waals surface area contributed by atoms with Crippen LogP contribution in [0, 0.1) is 0 Å². The highest BCUT2D eigenvalue weighted by atomic mass is 32.1. The van der Waals surface area contributed by atoms with E-state index in [0.29, 0.717) is 17.1 Å². The van der Waals surface area contributed by atoms with Crippen LogP contribution in [0.3, 0.4) is 0 Å². The van der Waals surface area contributed by atoms with E-state index in [9.17, 15) is 4.79 Å². The minimum atomic E-state index is 0.0573. The van der Waals surface area contributed by atoms with Crippen molar-refractivity contribution in [3.63, 3.8) is 0 Å². The van der Waals surface area contributed by atoms with E-state index in [-0.39, 0.29) is 12.7 Å². The molecule has 4 rings (SSSR count). The van der Waals surface area contributed by atoms with Gasteiger partial charge in [0.15, 0.2) is 11.5 Å². The molecule has 2 aromatic rings. The number of hydrogen-bond donors (Lipinski definition) is 0. The average Bonchev–Trinajstić information content (AvgIpc) is 3.30. The molecule has 1 aromatic carbocycles. The van der Waals surface area contributed by atoms with E-state index in [1.807, 2.05) is 17.0 Å². The maximum atomic E-state index is 12.7. The normalized spacial score (nSPS) is 16.9. The molecule has 6 nitrogen and oxygen atoms in total. The van der Waals surface area contributed by atoms with Crippen molar-refractivity contribution in [2.24, 2.45) is 0 Å². The fourth-order valence-corrected chi connectivity index (χ4v) is 4.19. The molecule has 0 saturated carbocycles. The average molecular weight is 373 g/mol. The number of benzene rings is 1. The quantitative estimate of drug-likeness (QED) is 0.807. The number of ether oxygens (including phenoxy) is 2. The molecule has 1 fully saturated rings. The lowest BCUT2D eigenvalue weighted by Gasteiger charge is -2.34. The van der Waals surface area contributed by atoms with Gasteiger partial charge in [-0.25, -0.2) is 4.98 Å². The van der Waals surface area contributed by atoms with Gasteiger partial charge in [-0.05, 0) is 31.0 Å². The highest BCUT2D eigenvalue weighted by Crippen LogP contribution is 2.32. The van der Waals surface area contributed by atoms with Gasteiger partial charge in [-0.2, -0.15) is 0 Å². The van der Waals surface area contributed by atoms with Crippen LogP contribution in [-0.4, -0.2) is 53.7 Å². The fraction of sp³-hybridized carbons (Fsp3) is 0.474. The van der Waals surface area contributed by atoms with Gasteiger partial charge < -0.3 is 14.4 Å². The Morgan fingerprint density at radius 3 is 2.81 bits per heavy atom. The maximum absolute atomic E-state index is 12.7. The van der Waals surface area contributed by atoms with Crippen LogP contribution < -0.4 is 9.47 Å². The molecule has 0 aliphatic carbocycles. The monoisotopic (exact) mass is 373 g/mol. The minimum Gasteiger partial charge on any atom is -0.454 e. The number of aromatic nitrogens is 1. The topological polar surface area (TPSA) is 54.9 Å². The van der Waals surface area contributed by atoms with Crippen LogP contribution in [-0.2, 0) is 13.0 Å². The van der Waals surface area contributed by atoms with E-state index in [2.05, 4.69) is 17.2 Å². The largest absolute Gasteiger partial charge is 0.454 e. The second-order valence-electron chi connectivity index (χ2n) is 6.62. The molecule has 0 bridgehead atoms. The van der Waals surface area contributed by atoms with Gasteiger partial charge >= 0.3 is 0 Å². The first-order valence-corrected chi connectivity index (χ1v) is 9.95. The Morgan fingerprint density at radius 1 is 1.19 bits per heavy atom. The number of piperazine rings is 1. The molecule has 1 aromatic heterocycles. The summed E-state index contributed by atoms with van der Waals surface area (Å²) in [5.41, 5.74) is 1.81. The first-order chi connectivity index (χ1) is 12.7. The second kappa shape index (κ2) is 7.63. The van der Waals surface area contributed by atoms with Crippen LogP contribution in [0.15, 0.2) is 23.6 Å². The Kier molecular flexibility index (Phi) is 5.08. The molecule has 0 unspecified atom stereocenters. The number of thiazole rings is 1. The van der Waals surface area contributed by atoms with Crippen molar-refractivity contribution in [1.82, 2.24) is 14.8 Å². The van der Waals surface area contributed by atoms with E-state index in [4.69, 9.17) is 14.5 Å². The third-order valence-corrected chi connectivity index (χ3v) is 5.69. The number of amides is 1. The molecular formula is C19H23N3O3S. The highest BCUT2D eigenvalue weighted by molar-refractivity contribution is 7.09. The van der Waals surface area contributed by atoms with E-state index < -0.39 is 0 Å². The molecule has 1 saturated heterocycles. The molecule has 7 heteroatoms. The van der Waals surface area contributed by atoms with E-state index in [1.165, 1.54) is 5.01 Å². The summed E-state index contributed by atoms with van der Waals surface area (Å²) >= 11 is 1.75. The summed E-state index contributed by atoms with van der Waals surface area (Å²) in [6.45, 7) is 6.48. The van der Waals surface area contributed by atoms with Crippen molar-refractivity contribution in [2.75, 3.05) is 33.0 Å². The molecule has 2 aliphatic heterocycles. The third-order valence-electron chi connectivity index (χ3n) is 4.73. The zero-order chi connectivity index (χ0) is 17.9. The summed E-state index contributed by atoms with van der Waals surface area (Å²) < 4.78 is 10.7. The predicted octanol–water partition coefficient (Wildman–Crippen LogP) is 2.78. The number of nitrogens with zero attached hydrogens (tertiary/aromatic N) is 3. The Hall–Kier alpha value is -2.12. The molecule has 0 atom stereocenters. The van der Waals surface area contributed by atoms with Gasteiger partial charge in [-0.1, -0.05) is 6.92 Å². The number of hydrogen-bond acceptors (Lipinski definition) is 6. The number of fused-ring (bicyclic) bond motifs is 1. The van der Waals surface area contributed by atoms with E-state index >= 15 is 0 Å². The second-order valence-corrected chi connectivity index (χ2v) is 7.56. The van der Waals surface area contributed by atoms with E-state index in [1.54, 1.807) is 17.4 Å². The van der Waals surface area contributed by atoms with Gasteiger partial charge in [0.2, 0.25) is 6.79 Å². The maximum Gasteiger partial charge on any atom is 0.254 e. The number of carbonyl (C=O) groups is 1. The van der Waals surface area contributed by atoms with Crippen molar-refractivity contribution in [1.29, 1.82) is 0 Å². The van der Waals surface area contributed by atoms with Gasteiger partial charge in [-0.3, -0.25) is 9.69 Å². The van der Waals surface area contributed by atoms with Crippen LogP contribution in [0.25, 0.3) is 0 Å². The summed E-state index contributed by atoms with van der Waals surface area (Å²) in [4.78, 5) is 21.7. The smallest absolute Gasteiger partial charge is 0.254 e. The molecule has 2 aliphatic rings. The van der Waals surface area contributed by atoms with Gasteiger partial charge in [-0.15, -0.1) is 11.3 Å². The number of carbonyl (C=O) groups excluding carboxylic acids is 1. The summed E-state index contributed by atoms with van der Waals surface area (Å²) in [5, 5.41) is 3.38. The van der Waals surface area contributed by atoms with Crippen molar-refractivity contribution in [3.05, 3.63) is 39.8 Å². The summed E-state index contributed by atoms with van der Waals surface area (Å²) in [6, 6.07) is 5.40. The molecule has 26 heavy (non-hydrogen) atoms. The van der Waals surface area contributed by atoms with Crippen molar-refractivity contribution < 1.29 is 14.3 Å². The van der Waals surface area contributed by atoms with Gasteiger partial charge in [0, 0.05) is 43.7 Å². The van der Waals surface area contributed by atoms with Gasteiger partial charge in [0.25, 0.3) is 5.91 Å². The zero-order valence-electron chi connectivity index (χ0n) is 14.9. The van der Waals surface area contributed by atoms with Crippen LogP contribution in [0.1, 0.15) is 34.4 Å². The lowest BCUT2D eigenvalue weighted by molar-refractivity contribution is 0.0627. The van der Waals surface area contributed by atoms with Crippen LogP contribution >= 0.6 is 11.3 Å². The Morgan fingerprint density at radius 2 is 2.00 bits per heavy atom. The highest BCUT2D eigenvalue weighted by Gasteiger charge is 2.24. The molecule has 0 radical (unpaired) electrons. The molecule has 3 heterocycles. The standard InChI is InChI=1S/C19H23N3O3S/c1-2-3-18-20-15(12-26-18)11-21-6-8-22(9-7-21)19(23)14-4-5-16-17(10-14)25-13-24-16/h4-5,10,12H,2-3,6-9,11,13H2,1H3. The molecule has 138 valence electrons. The van der Waals surface area contributed by atoms with Gasteiger partial charge in [0.05, 0.1) is 10.7 Å². The SMILES string of the molecule is CCCc1nc(CN2CCN(C(=O)c3ccc4c(c3)OCO4)CC2)cs1. The first kappa shape index (κ1) is 17.3. The van der Waals surface area contributed by atoms with E-state index in [0.717, 1.165) is 51.3 Å². The molecular weight excluding hydrogens is 350 g/mol. The minimum absolute atomic E-state index is 0.0573. The zero-order valence-corrected chi connectivity index (χ0v) is 15.8. The third kappa shape index (κ3) is 3.68. The molecule has 0 N–H and O–H groups in total.